The highest BCUT2D eigenvalue weighted by atomic mass is 15.0. The Morgan fingerprint density at radius 2 is 2.08 bits per heavy atom. The summed E-state index contributed by atoms with van der Waals surface area (Å²) in [6.45, 7) is 7.65. The Hall–Kier alpha value is -0.790. The molecule has 0 fully saturated rings. The predicted molar refractivity (Wildman–Crippen MR) is 51.3 cm³/mol. The molecule has 12 heavy (non-hydrogen) atoms. The minimum absolute atomic E-state index is 1.10. The molecular weight excluding hydrogens is 148 g/mol. The van der Waals surface area contributed by atoms with Gasteiger partial charge in [-0.15, -0.1) is 0 Å². The second-order valence-electron chi connectivity index (χ2n) is 3.22. The van der Waals surface area contributed by atoms with E-state index < -0.39 is 0 Å². The van der Waals surface area contributed by atoms with Crippen LogP contribution in [-0.2, 0) is 13.0 Å². The second-order valence-corrected chi connectivity index (χ2v) is 3.22. The zero-order chi connectivity index (χ0) is 8.97. The van der Waals surface area contributed by atoms with Crippen molar-refractivity contribution in [2.24, 2.45) is 0 Å². The maximum Gasteiger partial charge on any atom is 0.0951 e. The van der Waals surface area contributed by atoms with Crippen molar-refractivity contribution in [1.29, 1.82) is 0 Å². The van der Waals surface area contributed by atoms with Crippen LogP contribution in [0.3, 0.4) is 0 Å². The second kappa shape index (κ2) is 4.29. The molecule has 0 aliphatic carbocycles. The zero-order valence-corrected chi connectivity index (χ0v) is 8.30. The fourth-order valence-corrected chi connectivity index (χ4v) is 1.43. The van der Waals surface area contributed by atoms with E-state index in [0.717, 1.165) is 13.0 Å². The minimum atomic E-state index is 1.10. The van der Waals surface area contributed by atoms with Gasteiger partial charge in [0.15, 0.2) is 0 Å². The van der Waals surface area contributed by atoms with E-state index in [2.05, 4.69) is 30.3 Å². The Morgan fingerprint density at radius 3 is 2.67 bits per heavy atom. The molecule has 0 amide bonds. The summed E-state index contributed by atoms with van der Waals surface area (Å²) < 4.78 is 2.24. The van der Waals surface area contributed by atoms with Gasteiger partial charge < -0.3 is 4.57 Å². The van der Waals surface area contributed by atoms with Crippen LogP contribution in [0.5, 0.6) is 0 Å². The van der Waals surface area contributed by atoms with Crippen LogP contribution < -0.4 is 0 Å². The highest BCUT2D eigenvalue weighted by Gasteiger charge is 2.03. The molecule has 1 aromatic rings. The summed E-state index contributed by atoms with van der Waals surface area (Å²) >= 11 is 0. The molecule has 0 saturated heterocycles. The van der Waals surface area contributed by atoms with E-state index >= 15 is 0 Å². The fourth-order valence-electron chi connectivity index (χ4n) is 1.43. The number of imidazole rings is 1. The van der Waals surface area contributed by atoms with Crippen molar-refractivity contribution in [3.8, 4) is 0 Å². The molecule has 0 saturated carbocycles. The Balaban J connectivity index is 2.74. The van der Waals surface area contributed by atoms with Crippen LogP contribution in [0.15, 0.2) is 6.33 Å². The lowest BCUT2D eigenvalue weighted by Crippen LogP contribution is -1.98. The molecule has 0 unspecified atom stereocenters. The third-order valence-corrected chi connectivity index (χ3v) is 2.15. The first-order valence-corrected chi connectivity index (χ1v) is 4.80. The lowest BCUT2D eigenvalue weighted by molar-refractivity contribution is 0.659. The Bertz CT molecular complexity index is 214. The monoisotopic (exact) mass is 166 g/mol. The Morgan fingerprint density at radius 1 is 1.33 bits per heavy atom. The molecule has 1 heterocycles. The maximum atomic E-state index is 4.39. The van der Waals surface area contributed by atoms with Gasteiger partial charge in [0, 0.05) is 12.2 Å². The molecule has 1 rings (SSSR count). The summed E-state index contributed by atoms with van der Waals surface area (Å²) in [5.41, 5.74) is 2.62. The van der Waals surface area contributed by atoms with Gasteiger partial charge >= 0.3 is 0 Å². The molecule has 0 spiro atoms. The first-order chi connectivity index (χ1) is 5.79. The van der Waals surface area contributed by atoms with Crippen molar-refractivity contribution in [2.75, 3.05) is 0 Å². The predicted octanol–water partition coefficient (Wildman–Crippen LogP) is 2.55. The van der Waals surface area contributed by atoms with E-state index in [-0.39, 0.29) is 0 Å². The number of hydrogen-bond donors (Lipinski definition) is 0. The zero-order valence-electron chi connectivity index (χ0n) is 8.30. The highest BCUT2D eigenvalue weighted by molar-refractivity contribution is 5.10. The smallest absolute Gasteiger partial charge is 0.0951 e. The van der Waals surface area contributed by atoms with Crippen LogP contribution in [0.2, 0.25) is 0 Å². The standard InChI is InChI=1S/C10H18N2/c1-4-6-10-9(3)12(7-5-2)8-11-10/h8H,4-7H2,1-3H3. The van der Waals surface area contributed by atoms with Gasteiger partial charge in [0.25, 0.3) is 0 Å². The fraction of sp³-hybridized carbons (Fsp3) is 0.700. The van der Waals surface area contributed by atoms with Gasteiger partial charge in [-0.25, -0.2) is 4.98 Å². The van der Waals surface area contributed by atoms with Crippen molar-refractivity contribution < 1.29 is 0 Å². The molecule has 0 atom stereocenters. The van der Waals surface area contributed by atoms with Gasteiger partial charge in [0.05, 0.1) is 12.0 Å². The molecule has 0 aliphatic heterocycles. The van der Waals surface area contributed by atoms with E-state index in [9.17, 15) is 0 Å². The first-order valence-electron chi connectivity index (χ1n) is 4.80. The van der Waals surface area contributed by atoms with Crippen LogP contribution in [0.25, 0.3) is 0 Å². The average Bonchev–Trinajstić information content (AvgIpc) is 2.38. The average molecular weight is 166 g/mol. The summed E-state index contributed by atoms with van der Waals surface area (Å²) in [4.78, 5) is 4.39. The van der Waals surface area contributed by atoms with Crippen molar-refractivity contribution in [3.63, 3.8) is 0 Å². The van der Waals surface area contributed by atoms with Crippen molar-refractivity contribution in [1.82, 2.24) is 9.55 Å². The van der Waals surface area contributed by atoms with Crippen molar-refractivity contribution >= 4 is 0 Å². The molecular formula is C10H18N2. The van der Waals surface area contributed by atoms with Crippen LogP contribution in [-0.4, -0.2) is 9.55 Å². The molecule has 0 bridgehead atoms. The first kappa shape index (κ1) is 9.30. The van der Waals surface area contributed by atoms with E-state index in [1.54, 1.807) is 0 Å². The summed E-state index contributed by atoms with van der Waals surface area (Å²) in [5.74, 6) is 0. The molecule has 0 aliphatic rings. The third kappa shape index (κ3) is 1.87. The number of aryl methyl sites for hydroxylation is 2. The molecule has 0 N–H and O–H groups in total. The SMILES string of the molecule is CCCc1ncn(CCC)c1C. The van der Waals surface area contributed by atoms with Crippen LogP contribution in [0.4, 0.5) is 0 Å². The maximum absolute atomic E-state index is 4.39. The van der Waals surface area contributed by atoms with Gasteiger partial charge in [-0.2, -0.15) is 0 Å². The quantitative estimate of drug-likeness (QED) is 0.672. The largest absolute Gasteiger partial charge is 0.335 e. The topological polar surface area (TPSA) is 17.8 Å². The van der Waals surface area contributed by atoms with E-state index in [1.165, 1.54) is 24.2 Å². The van der Waals surface area contributed by atoms with E-state index in [0.29, 0.717) is 0 Å². The van der Waals surface area contributed by atoms with Crippen LogP contribution in [0, 0.1) is 6.92 Å². The molecule has 0 radical (unpaired) electrons. The third-order valence-electron chi connectivity index (χ3n) is 2.15. The van der Waals surface area contributed by atoms with Gasteiger partial charge in [-0.05, 0) is 19.8 Å². The molecule has 1 aromatic heterocycles. The molecule has 0 aromatic carbocycles. The summed E-state index contributed by atoms with van der Waals surface area (Å²) in [6, 6.07) is 0. The molecule has 2 nitrogen and oxygen atoms in total. The minimum Gasteiger partial charge on any atom is -0.335 e. The van der Waals surface area contributed by atoms with Gasteiger partial charge in [-0.1, -0.05) is 20.3 Å². The summed E-state index contributed by atoms with van der Waals surface area (Å²) in [5, 5.41) is 0. The van der Waals surface area contributed by atoms with E-state index in [1.807, 2.05) is 6.33 Å². The summed E-state index contributed by atoms with van der Waals surface area (Å²) in [6.07, 6.45) is 5.44. The lowest BCUT2D eigenvalue weighted by atomic mass is 10.2. The lowest BCUT2D eigenvalue weighted by Gasteiger charge is -2.02. The normalized spacial score (nSPS) is 10.6. The van der Waals surface area contributed by atoms with E-state index in [4.69, 9.17) is 0 Å². The van der Waals surface area contributed by atoms with Crippen molar-refractivity contribution in [2.45, 2.75) is 46.6 Å². The summed E-state index contributed by atoms with van der Waals surface area (Å²) in [7, 11) is 0. The van der Waals surface area contributed by atoms with Gasteiger partial charge in [0.2, 0.25) is 0 Å². The van der Waals surface area contributed by atoms with Crippen LogP contribution >= 0.6 is 0 Å². The Kier molecular flexibility index (Phi) is 3.32. The number of aromatic nitrogens is 2. The van der Waals surface area contributed by atoms with Gasteiger partial charge in [-0.3, -0.25) is 0 Å². The van der Waals surface area contributed by atoms with Crippen molar-refractivity contribution in [3.05, 3.63) is 17.7 Å². The molecule has 2 heteroatoms. The Labute approximate surface area is 74.6 Å². The van der Waals surface area contributed by atoms with Crippen LogP contribution in [0.1, 0.15) is 38.1 Å². The highest BCUT2D eigenvalue weighted by Crippen LogP contribution is 2.08. The molecule has 68 valence electrons. The number of nitrogens with zero attached hydrogens (tertiary/aromatic N) is 2. The van der Waals surface area contributed by atoms with Gasteiger partial charge in [0.1, 0.15) is 0 Å². The number of rotatable bonds is 4. The number of hydrogen-bond acceptors (Lipinski definition) is 1.